The summed E-state index contributed by atoms with van der Waals surface area (Å²) in [6, 6.07) is 8.40. The van der Waals surface area contributed by atoms with Crippen LogP contribution in [-0.4, -0.2) is 39.7 Å². The quantitative estimate of drug-likeness (QED) is 0.467. The molecule has 0 amide bonds. The highest BCUT2D eigenvalue weighted by Gasteiger charge is 2.18. The number of thiophene rings is 1. The van der Waals surface area contributed by atoms with Gasteiger partial charge in [-0.15, -0.1) is 16.4 Å². The predicted octanol–water partition coefficient (Wildman–Crippen LogP) is 3.02. The maximum absolute atomic E-state index is 13.1. The number of fused-ring (bicyclic) bond motifs is 3. The van der Waals surface area contributed by atoms with Crippen LogP contribution in [0.4, 0.5) is 0 Å². The number of benzene rings is 1. The van der Waals surface area contributed by atoms with Gasteiger partial charge in [-0.05, 0) is 49.7 Å². The minimum absolute atomic E-state index is 0.289. The highest BCUT2D eigenvalue weighted by atomic mass is 32.1. The second kappa shape index (κ2) is 7.69. The first-order chi connectivity index (χ1) is 14.0. The Morgan fingerprint density at radius 2 is 2.00 bits per heavy atom. The van der Waals surface area contributed by atoms with Gasteiger partial charge in [0, 0.05) is 18.2 Å². The molecule has 0 aliphatic heterocycles. The van der Waals surface area contributed by atoms with Gasteiger partial charge in [0.05, 0.1) is 24.5 Å². The monoisotopic (exact) mass is 410 g/mol. The molecule has 0 bridgehead atoms. The predicted molar refractivity (Wildman–Crippen MR) is 110 cm³/mol. The van der Waals surface area contributed by atoms with Crippen LogP contribution in [0.5, 0.6) is 0 Å². The second-order valence-corrected chi connectivity index (χ2v) is 7.39. The number of hydrogen-bond donors (Lipinski definition) is 0. The molecule has 0 aliphatic rings. The van der Waals surface area contributed by atoms with Crippen LogP contribution in [0.3, 0.4) is 0 Å². The first-order valence-electron chi connectivity index (χ1n) is 8.98. The average Bonchev–Trinajstić information content (AvgIpc) is 3.08. The first-order valence-corrected chi connectivity index (χ1v) is 9.80. The molecule has 0 radical (unpaired) electrons. The standard InChI is InChI=1S/C20H18N4O4S/c1-4-28-20(26)12-5-7-14(8-6-12)24-19(25)17-16(22-23-24)15-13(10-27-3)9-11(2)21-18(15)29-17/h5-9H,4,10H2,1-3H3. The Morgan fingerprint density at radius 1 is 1.24 bits per heavy atom. The van der Waals surface area contributed by atoms with Gasteiger partial charge >= 0.3 is 5.97 Å². The van der Waals surface area contributed by atoms with Crippen molar-refractivity contribution in [3.63, 3.8) is 0 Å². The van der Waals surface area contributed by atoms with E-state index < -0.39 is 5.97 Å². The zero-order valence-corrected chi connectivity index (χ0v) is 16.9. The summed E-state index contributed by atoms with van der Waals surface area (Å²) < 4.78 is 12.0. The maximum atomic E-state index is 13.1. The molecule has 0 unspecified atom stereocenters. The minimum atomic E-state index is -0.412. The molecule has 29 heavy (non-hydrogen) atoms. The molecule has 1 aromatic carbocycles. The number of aryl methyl sites for hydroxylation is 1. The van der Waals surface area contributed by atoms with Crippen LogP contribution >= 0.6 is 11.3 Å². The lowest BCUT2D eigenvalue weighted by molar-refractivity contribution is 0.0526. The zero-order chi connectivity index (χ0) is 20.5. The van der Waals surface area contributed by atoms with Gasteiger partial charge in [0.15, 0.2) is 0 Å². The Morgan fingerprint density at radius 3 is 2.69 bits per heavy atom. The number of carbonyl (C=O) groups excluding carboxylic acids is 1. The Balaban J connectivity index is 1.84. The van der Waals surface area contributed by atoms with E-state index >= 15 is 0 Å². The summed E-state index contributed by atoms with van der Waals surface area (Å²) in [5, 5.41) is 9.21. The number of carbonyl (C=O) groups is 1. The SMILES string of the molecule is CCOC(=O)c1ccc(-n2nnc3c(sc4nc(C)cc(COC)c43)c2=O)cc1. The lowest BCUT2D eigenvalue weighted by atomic mass is 10.1. The molecular weight excluding hydrogens is 392 g/mol. The molecular formula is C20H18N4O4S. The summed E-state index contributed by atoms with van der Waals surface area (Å²) in [6.45, 7) is 4.34. The van der Waals surface area contributed by atoms with Crippen LogP contribution in [0.15, 0.2) is 35.1 Å². The van der Waals surface area contributed by atoms with Crippen molar-refractivity contribution in [2.75, 3.05) is 13.7 Å². The van der Waals surface area contributed by atoms with Crippen LogP contribution in [0, 0.1) is 6.92 Å². The fourth-order valence-electron chi connectivity index (χ4n) is 3.15. The van der Waals surface area contributed by atoms with Crippen molar-refractivity contribution in [2.45, 2.75) is 20.5 Å². The molecule has 0 saturated carbocycles. The minimum Gasteiger partial charge on any atom is -0.462 e. The van der Waals surface area contributed by atoms with Crippen molar-refractivity contribution in [1.29, 1.82) is 0 Å². The maximum Gasteiger partial charge on any atom is 0.338 e. The van der Waals surface area contributed by atoms with Gasteiger partial charge in [-0.1, -0.05) is 5.21 Å². The summed E-state index contributed by atoms with van der Waals surface area (Å²) >= 11 is 1.29. The third-order valence-corrected chi connectivity index (χ3v) is 5.45. The number of nitrogens with zero attached hydrogens (tertiary/aromatic N) is 4. The van der Waals surface area contributed by atoms with Gasteiger partial charge in [-0.25, -0.2) is 9.78 Å². The average molecular weight is 410 g/mol. The van der Waals surface area contributed by atoms with Gasteiger partial charge < -0.3 is 9.47 Å². The highest BCUT2D eigenvalue weighted by molar-refractivity contribution is 7.25. The highest BCUT2D eigenvalue weighted by Crippen LogP contribution is 2.32. The molecule has 9 heteroatoms. The fraction of sp³-hybridized carbons (Fsp3) is 0.250. The van der Waals surface area contributed by atoms with Crippen LogP contribution in [0.25, 0.3) is 26.1 Å². The number of esters is 1. The van der Waals surface area contributed by atoms with Crippen molar-refractivity contribution < 1.29 is 14.3 Å². The Kier molecular flexibility index (Phi) is 5.08. The fourth-order valence-corrected chi connectivity index (χ4v) is 4.28. The number of rotatable bonds is 5. The van der Waals surface area contributed by atoms with Gasteiger partial charge in [0.1, 0.15) is 15.0 Å². The van der Waals surface area contributed by atoms with Crippen LogP contribution in [0.2, 0.25) is 0 Å². The van der Waals surface area contributed by atoms with E-state index in [1.165, 1.54) is 16.0 Å². The lowest BCUT2D eigenvalue weighted by Gasteiger charge is -2.06. The Bertz CT molecular complexity index is 1280. The van der Waals surface area contributed by atoms with Crippen LogP contribution < -0.4 is 5.56 Å². The number of methoxy groups -OCH3 is 1. The number of ether oxygens (including phenoxy) is 2. The first kappa shape index (κ1) is 19.2. The summed E-state index contributed by atoms with van der Waals surface area (Å²) in [4.78, 5) is 30.2. The van der Waals surface area contributed by atoms with E-state index in [1.807, 2.05) is 13.0 Å². The number of aromatic nitrogens is 4. The van der Waals surface area contributed by atoms with Crippen LogP contribution in [0.1, 0.15) is 28.5 Å². The number of pyridine rings is 1. The molecule has 4 rings (SSSR count). The molecule has 0 N–H and O–H groups in total. The third-order valence-electron chi connectivity index (χ3n) is 4.39. The second-order valence-electron chi connectivity index (χ2n) is 6.39. The van der Waals surface area contributed by atoms with Crippen molar-refractivity contribution in [3.05, 3.63) is 57.5 Å². The Labute approximate surface area is 169 Å². The lowest BCUT2D eigenvalue weighted by Crippen LogP contribution is -2.21. The third kappa shape index (κ3) is 3.39. The van der Waals surface area contributed by atoms with Gasteiger partial charge in [0.25, 0.3) is 5.56 Å². The number of hydrogen-bond acceptors (Lipinski definition) is 8. The summed E-state index contributed by atoms with van der Waals surface area (Å²) in [5.41, 5.74) is 2.92. The molecule has 0 saturated heterocycles. The topological polar surface area (TPSA) is 96.2 Å². The van der Waals surface area contributed by atoms with Crippen molar-refractivity contribution in [1.82, 2.24) is 20.0 Å². The van der Waals surface area contributed by atoms with Gasteiger partial charge in [0.2, 0.25) is 0 Å². The molecule has 3 aromatic heterocycles. The molecule has 4 aromatic rings. The Hall–Kier alpha value is -3.17. The molecule has 0 spiro atoms. The molecule has 0 fully saturated rings. The summed E-state index contributed by atoms with van der Waals surface area (Å²) in [6.07, 6.45) is 0. The van der Waals surface area contributed by atoms with E-state index in [-0.39, 0.29) is 5.56 Å². The molecule has 148 valence electrons. The summed E-state index contributed by atoms with van der Waals surface area (Å²) in [5.74, 6) is -0.412. The summed E-state index contributed by atoms with van der Waals surface area (Å²) in [7, 11) is 1.62. The molecule has 0 atom stereocenters. The zero-order valence-electron chi connectivity index (χ0n) is 16.1. The smallest absolute Gasteiger partial charge is 0.338 e. The van der Waals surface area contributed by atoms with E-state index in [0.717, 1.165) is 21.5 Å². The normalized spacial score (nSPS) is 11.3. The van der Waals surface area contributed by atoms with Gasteiger partial charge in [-0.2, -0.15) is 4.68 Å². The molecule has 8 nitrogen and oxygen atoms in total. The largest absolute Gasteiger partial charge is 0.462 e. The van der Waals surface area contributed by atoms with Crippen molar-refractivity contribution in [2.24, 2.45) is 0 Å². The van der Waals surface area contributed by atoms with E-state index in [2.05, 4.69) is 15.3 Å². The molecule has 3 heterocycles. The van der Waals surface area contributed by atoms with Crippen molar-refractivity contribution >= 4 is 37.7 Å². The van der Waals surface area contributed by atoms with Crippen molar-refractivity contribution in [3.8, 4) is 5.69 Å². The van der Waals surface area contributed by atoms with Gasteiger partial charge in [-0.3, -0.25) is 4.79 Å². The van der Waals surface area contributed by atoms with E-state index in [4.69, 9.17) is 9.47 Å². The molecule has 0 aliphatic carbocycles. The van der Waals surface area contributed by atoms with E-state index in [1.54, 1.807) is 38.3 Å². The van der Waals surface area contributed by atoms with Crippen LogP contribution in [-0.2, 0) is 16.1 Å². The van der Waals surface area contributed by atoms with E-state index in [9.17, 15) is 9.59 Å². The van der Waals surface area contributed by atoms with E-state index in [0.29, 0.717) is 34.7 Å².